The molecule has 0 fully saturated rings. The topological polar surface area (TPSA) is 117 Å². The van der Waals surface area contributed by atoms with Gasteiger partial charge in [0.15, 0.2) is 5.69 Å². The van der Waals surface area contributed by atoms with Crippen LogP contribution in [0, 0.1) is 0 Å². The first-order chi connectivity index (χ1) is 14.4. The van der Waals surface area contributed by atoms with Crippen LogP contribution in [0.2, 0.25) is 0 Å². The molecule has 0 unspecified atom stereocenters. The molecular weight excluding hydrogens is 392 g/mol. The van der Waals surface area contributed by atoms with Gasteiger partial charge >= 0.3 is 17.9 Å². The van der Waals surface area contributed by atoms with Gasteiger partial charge in [0.1, 0.15) is 17.0 Å². The van der Waals surface area contributed by atoms with Crippen molar-refractivity contribution in [2.45, 2.75) is 0 Å². The zero-order chi connectivity index (χ0) is 21.8. The van der Waals surface area contributed by atoms with Gasteiger partial charge in [0, 0.05) is 5.56 Å². The van der Waals surface area contributed by atoms with Gasteiger partial charge in [-0.2, -0.15) is 5.10 Å². The van der Waals surface area contributed by atoms with Crippen LogP contribution in [-0.2, 0) is 9.47 Å². The van der Waals surface area contributed by atoms with Gasteiger partial charge in [0.25, 0.3) is 0 Å². The number of nitrogens with zero attached hydrogens (tertiary/aromatic N) is 2. The van der Waals surface area contributed by atoms with Crippen molar-refractivity contribution in [1.82, 2.24) is 9.78 Å². The van der Waals surface area contributed by atoms with E-state index in [1.807, 2.05) is 0 Å². The molecule has 0 bridgehead atoms. The van der Waals surface area contributed by atoms with Crippen molar-refractivity contribution in [3.63, 3.8) is 0 Å². The van der Waals surface area contributed by atoms with Crippen molar-refractivity contribution >= 4 is 17.9 Å². The molecule has 0 aliphatic heterocycles. The van der Waals surface area contributed by atoms with Gasteiger partial charge < -0.3 is 19.3 Å². The predicted octanol–water partition coefficient (Wildman–Crippen LogP) is 2.82. The lowest BCUT2D eigenvalue weighted by Gasteiger charge is -2.07. The number of para-hydroxylation sites is 1. The fraction of sp³-hybridized carbons (Fsp3) is 0.143. The number of aromatic nitrogens is 2. The highest BCUT2D eigenvalue weighted by molar-refractivity contribution is 6.07. The Hall–Kier alpha value is -4.14. The van der Waals surface area contributed by atoms with Crippen molar-refractivity contribution in [3.05, 3.63) is 65.4 Å². The number of rotatable bonds is 6. The maximum atomic E-state index is 12.6. The van der Waals surface area contributed by atoms with E-state index in [1.165, 1.54) is 44.2 Å². The summed E-state index contributed by atoms with van der Waals surface area (Å²) in [6.07, 6.45) is 0. The molecule has 2 aromatic carbocycles. The van der Waals surface area contributed by atoms with Crippen LogP contribution >= 0.6 is 0 Å². The summed E-state index contributed by atoms with van der Waals surface area (Å²) in [5.41, 5.74) is 0.423. The summed E-state index contributed by atoms with van der Waals surface area (Å²) >= 11 is 0. The van der Waals surface area contributed by atoms with Crippen molar-refractivity contribution in [1.29, 1.82) is 0 Å². The van der Waals surface area contributed by atoms with Gasteiger partial charge in [-0.3, -0.25) is 0 Å². The van der Waals surface area contributed by atoms with E-state index in [-0.39, 0.29) is 33.8 Å². The lowest BCUT2D eigenvalue weighted by Crippen LogP contribution is -2.15. The standard InChI is InChI=1S/C21H18N2O7/c1-28-15-10-12(9-13(11-15)19(24)25)17-16(20(26)29-2)18(21(27)30-3)23(22-17)14-7-5-4-6-8-14/h4-11H,1-3H3,(H,24,25). The van der Waals surface area contributed by atoms with Gasteiger partial charge in [-0.15, -0.1) is 0 Å². The molecule has 30 heavy (non-hydrogen) atoms. The fourth-order valence-corrected chi connectivity index (χ4v) is 2.93. The average Bonchev–Trinajstić information content (AvgIpc) is 3.18. The van der Waals surface area contributed by atoms with Crippen LogP contribution in [0.1, 0.15) is 31.2 Å². The normalized spacial score (nSPS) is 10.4. The SMILES string of the molecule is COC(=O)c1c(-c2cc(OC)cc(C(=O)O)c2)nn(-c2ccccc2)c1C(=O)OC. The second kappa shape index (κ2) is 8.48. The predicted molar refractivity (Wildman–Crippen MR) is 105 cm³/mol. The molecule has 1 N–H and O–H groups in total. The van der Waals surface area contributed by atoms with Crippen molar-refractivity contribution in [2.75, 3.05) is 21.3 Å². The number of carbonyl (C=O) groups excluding carboxylic acids is 2. The highest BCUT2D eigenvalue weighted by Crippen LogP contribution is 2.32. The van der Waals surface area contributed by atoms with E-state index in [0.717, 1.165) is 0 Å². The van der Waals surface area contributed by atoms with Gasteiger partial charge in [0.05, 0.1) is 32.6 Å². The highest BCUT2D eigenvalue weighted by atomic mass is 16.5. The van der Waals surface area contributed by atoms with E-state index in [0.29, 0.717) is 5.69 Å². The summed E-state index contributed by atoms with van der Waals surface area (Å²) in [7, 11) is 3.73. The van der Waals surface area contributed by atoms with E-state index in [4.69, 9.17) is 14.2 Å². The number of methoxy groups -OCH3 is 3. The first kappa shape index (κ1) is 20.6. The number of aromatic carboxylic acids is 1. The number of carbonyl (C=O) groups is 3. The number of carboxylic acids is 1. The van der Waals surface area contributed by atoms with E-state index >= 15 is 0 Å². The summed E-state index contributed by atoms with van der Waals surface area (Å²) in [4.78, 5) is 36.7. The smallest absolute Gasteiger partial charge is 0.357 e. The summed E-state index contributed by atoms with van der Waals surface area (Å²) in [6.45, 7) is 0. The fourth-order valence-electron chi connectivity index (χ4n) is 2.93. The third kappa shape index (κ3) is 3.72. The Kier molecular flexibility index (Phi) is 5.82. The Morgan fingerprint density at radius 3 is 2.17 bits per heavy atom. The number of esters is 2. The number of hydrogen-bond acceptors (Lipinski definition) is 7. The number of ether oxygens (including phenoxy) is 3. The van der Waals surface area contributed by atoms with Gasteiger partial charge in [-0.1, -0.05) is 18.2 Å². The lowest BCUT2D eigenvalue weighted by molar-refractivity contribution is 0.0549. The minimum absolute atomic E-state index is 0.0486. The first-order valence-corrected chi connectivity index (χ1v) is 8.69. The van der Waals surface area contributed by atoms with Crippen molar-refractivity contribution < 1.29 is 33.7 Å². The molecule has 9 nitrogen and oxygen atoms in total. The van der Waals surface area contributed by atoms with Gasteiger partial charge in [-0.05, 0) is 30.3 Å². The van der Waals surface area contributed by atoms with E-state index in [2.05, 4.69) is 5.10 Å². The molecule has 0 spiro atoms. The Bertz CT molecular complexity index is 1120. The van der Waals surface area contributed by atoms with Crippen LogP contribution in [0.5, 0.6) is 5.75 Å². The minimum Gasteiger partial charge on any atom is -0.497 e. The molecule has 3 rings (SSSR count). The van der Waals surface area contributed by atoms with Gasteiger partial charge in [0.2, 0.25) is 0 Å². The molecule has 1 aromatic heterocycles. The third-order valence-corrected chi connectivity index (χ3v) is 4.32. The van der Waals surface area contributed by atoms with Crippen LogP contribution in [0.25, 0.3) is 16.9 Å². The van der Waals surface area contributed by atoms with E-state index in [9.17, 15) is 19.5 Å². The Balaban J connectivity index is 2.39. The Labute approximate surface area is 171 Å². The summed E-state index contributed by atoms with van der Waals surface area (Å²) in [6, 6.07) is 12.8. The van der Waals surface area contributed by atoms with Crippen LogP contribution in [0.4, 0.5) is 0 Å². The maximum Gasteiger partial charge on any atom is 0.357 e. The zero-order valence-electron chi connectivity index (χ0n) is 16.4. The van der Waals surface area contributed by atoms with Crippen molar-refractivity contribution in [2.24, 2.45) is 0 Å². The molecule has 0 atom stereocenters. The molecule has 3 aromatic rings. The van der Waals surface area contributed by atoms with Crippen LogP contribution in [0.3, 0.4) is 0 Å². The molecule has 0 amide bonds. The molecule has 0 aliphatic rings. The quantitative estimate of drug-likeness (QED) is 0.617. The van der Waals surface area contributed by atoms with Gasteiger partial charge in [-0.25, -0.2) is 19.1 Å². The zero-order valence-corrected chi connectivity index (χ0v) is 16.4. The molecular formula is C21H18N2O7. The second-order valence-corrected chi connectivity index (χ2v) is 6.06. The molecule has 0 radical (unpaired) electrons. The molecule has 9 heteroatoms. The Morgan fingerprint density at radius 1 is 0.933 bits per heavy atom. The monoisotopic (exact) mass is 410 g/mol. The average molecular weight is 410 g/mol. The van der Waals surface area contributed by atoms with Crippen LogP contribution in [-0.4, -0.2) is 54.1 Å². The second-order valence-electron chi connectivity index (χ2n) is 6.06. The molecule has 154 valence electrons. The summed E-state index contributed by atoms with van der Waals surface area (Å²) in [5.74, 6) is -2.58. The van der Waals surface area contributed by atoms with Crippen molar-refractivity contribution in [3.8, 4) is 22.7 Å². The first-order valence-electron chi connectivity index (χ1n) is 8.69. The van der Waals surface area contributed by atoms with Crippen LogP contribution < -0.4 is 4.74 Å². The molecule has 0 saturated carbocycles. The summed E-state index contributed by atoms with van der Waals surface area (Å²) in [5, 5.41) is 13.8. The minimum atomic E-state index is -1.19. The van der Waals surface area contributed by atoms with E-state index < -0.39 is 17.9 Å². The maximum absolute atomic E-state index is 12.6. The highest BCUT2D eigenvalue weighted by Gasteiger charge is 2.31. The van der Waals surface area contributed by atoms with E-state index in [1.54, 1.807) is 30.3 Å². The molecule has 0 saturated heterocycles. The largest absolute Gasteiger partial charge is 0.497 e. The Morgan fingerprint density at radius 2 is 1.60 bits per heavy atom. The molecule has 0 aliphatic carbocycles. The molecule has 1 heterocycles. The number of benzene rings is 2. The number of hydrogen-bond donors (Lipinski definition) is 1. The van der Waals surface area contributed by atoms with Crippen LogP contribution in [0.15, 0.2) is 48.5 Å². The summed E-state index contributed by atoms with van der Waals surface area (Å²) < 4.78 is 16.2. The third-order valence-electron chi connectivity index (χ3n) is 4.32. The number of carboxylic acid groups (broad SMARTS) is 1. The lowest BCUT2D eigenvalue weighted by atomic mass is 10.0.